The number of hydrogen-bond acceptors (Lipinski definition) is 5. The second kappa shape index (κ2) is 6.38. The first-order valence-electron chi connectivity index (χ1n) is 6.70. The highest BCUT2D eigenvalue weighted by Crippen LogP contribution is 2.07. The van der Waals surface area contributed by atoms with Gasteiger partial charge in [-0.25, -0.2) is 12.7 Å². The van der Waals surface area contributed by atoms with Crippen LogP contribution < -0.4 is 4.87 Å². The number of sulfonamides is 1. The number of aromatic nitrogens is 1. The molecular formula is C12H21N3O3S2. The molecule has 0 bridgehead atoms. The fourth-order valence-corrected chi connectivity index (χ4v) is 4.05. The smallest absolute Gasteiger partial charge is 0.302 e. The summed E-state index contributed by atoms with van der Waals surface area (Å²) >= 11 is 1.23. The monoisotopic (exact) mass is 319 g/mol. The largest absolute Gasteiger partial charge is 0.307 e. The maximum absolute atomic E-state index is 11.6. The summed E-state index contributed by atoms with van der Waals surface area (Å²) in [6.07, 6.45) is 2.10. The third kappa shape index (κ3) is 3.91. The standard InChI is InChI=1S/C12H21N3O3S2/c1-11-10-19-12(16)15(11)9-7-13-4-3-5-14(8-6-13)20(2,17)18/h10H,3-9H2,1-2H3. The van der Waals surface area contributed by atoms with E-state index in [2.05, 4.69) is 4.90 Å². The summed E-state index contributed by atoms with van der Waals surface area (Å²) in [6.45, 7) is 6.13. The lowest BCUT2D eigenvalue weighted by Crippen LogP contribution is -2.36. The minimum atomic E-state index is -3.09. The Morgan fingerprint density at radius 2 is 1.95 bits per heavy atom. The van der Waals surface area contributed by atoms with Gasteiger partial charge in [0.2, 0.25) is 10.0 Å². The predicted molar refractivity (Wildman–Crippen MR) is 80.8 cm³/mol. The molecule has 0 aliphatic carbocycles. The molecule has 0 saturated carbocycles. The van der Waals surface area contributed by atoms with E-state index in [1.54, 1.807) is 4.57 Å². The quantitative estimate of drug-likeness (QED) is 0.794. The lowest BCUT2D eigenvalue weighted by Gasteiger charge is -2.20. The molecule has 8 heteroatoms. The molecule has 1 aromatic rings. The van der Waals surface area contributed by atoms with E-state index in [1.165, 1.54) is 21.9 Å². The van der Waals surface area contributed by atoms with Crippen LogP contribution in [-0.4, -0.2) is 61.2 Å². The van der Waals surface area contributed by atoms with Crippen LogP contribution >= 0.6 is 11.3 Å². The summed E-state index contributed by atoms with van der Waals surface area (Å²) < 4.78 is 26.4. The zero-order chi connectivity index (χ0) is 14.8. The van der Waals surface area contributed by atoms with Crippen LogP contribution in [0.25, 0.3) is 0 Å². The van der Waals surface area contributed by atoms with E-state index in [0.717, 1.165) is 31.7 Å². The van der Waals surface area contributed by atoms with E-state index >= 15 is 0 Å². The van der Waals surface area contributed by atoms with Gasteiger partial charge >= 0.3 is 4.87 Å². The van der Waals surface area contributed by atoms with Gasteiger partial charge in [0.1, 0.15) is 0 Å². The van der Waals surface area contributed by atoms with Crippen molar-refractivity contribution >= 4 is 21.4 Å². The molecule has 1 fully saturated rings. The van der Waals surface area contributed by atoms with Crippen LogP contribution in [0.5, 0.6) is 0 Å². The Balaban J connectivity index is 1.91. The lowest BCUT2D eigenvalue weighted by molar-refractivity contribution is 0.273. The molecule has 0 radical (unpaired) electrons. The molecular weight excluding hydrogens is 298 g/mol. The van der Waals surface area contributed by atoms with Crippen LogP contribution in [-0.2, 0) is 16.6 Å². The van der Waals surface area contributed by atoms with Gasteiger partial charge in [-0.1, -0.05) is 11.3 Å². The van der Waals surface area contributed by atoms with Gasteiger partial charge in [0.05, 0.1) is 6.26 Å². The average molecular weight is 319 g/mol. The third-order valence-electron chi connectivity index (χ3n) is 3.63. The van der Waals surface area contributed by atoms with E-state index in [9.17, 15) is 13.2 Å². The second-order valence-electron chi connectivity index (χ2n) is 5.15. The Morgan fingerprint density at radius 3 is 2.55 bits per heavy atom. The highest BCUT2D eigenvalue weighted by atomic mass is 32.2. The highest BCUT2D eigenvalue weighted by Gasteiger charge is 2.21. The average Bonchev–Trinajstić information content (AvgIpc) is 2.58. The van der Waals surface area contributed by atoms with Crippen molar-refractivity contribution in [1.82, 2.24) is 13.8 Å². The molecule has 6 nitrogen and oxygen atoms in total. The van der Waals surface area contributed by atoms with Crippen LogP contribution in [0.4, 0.5) is 0 Å². The molecule has 2 heterocycles. The highest BCUT2D eigenvalue weighted by molar-refractivity contribution is 7.88. The van der Waals surface area contributed by atoms with Gasteiger partial charge < -0.3 is 9.47 Å². The van der Waals surface area contributed by atoms with E-state index in [-0.39, 0.29) is 4.87 Å². The van der Waals surface area contributed by atoms with E-state index in [4.69, 9.17) is 0 Å². The van der Waals surface area contributed by atoms with E-state index in [0.29, 0.717) is 19.6 Å². The number of nitrogens with zero attached hydrogens (tertiary/aromatic N) is 3. The van der Waals surface area contributed by atoms with Crippen molar-refractivity contribution in [1.29, 1.82) is 0 Å². The van der Waals surface area contributed by atoms with Crippen molar-refractivity contribution in [2.75, 3.05) is 39.0 Å². The molecule has 1 aliphatic rings. The molecule has 0 N–H and O–H groups in total. The maximum atomic E-state index is 11.6. The van der Waals surface area contributed by atoms with Crippen LogP contribution in [0.1, 0.15) is 12.1 Å². The predicted octanol–water partition coefficient (Wildman–Crippen LogP) is 0.186. The van der Waals surface area contributed by atoms with Gasteiger partial charge in [-0.2, -0.15) is 0 Å². The minimum absolute atomic E-state index is 0.0788. The molecule has 1 saturated heterocycles. The summed E-state index contributed by atoms with van der Waals surface area (Å²) in [4.78, 5) is 13.9. The Kier molecular flexibility index (Phi) is 5.00. The zero-order valence-electron chi connectivity index (χ0n) is 11.9. The molecule has 0 atom stereocenters. The van der Waals surface area contributed by atoms with E-state index < -0.39 is 10.0 Å². The van der Waals surface area contributed by atoms with Crippen molar-refractivity contribution in [3.8, 4) is 0 Å². The fourth-order valence-electron chi connectivity index (χ4n) is 2.42. The molecule has 2 rings (SSSR count). The summed E-state index contributed by atoms with van der Waals surface area (Å²) in [6, 6.07) is 0. The Bertz CT molecular complexity index is 606. The summed E-state index contributed by atoms with van der Waals surface area (Å²) in [7, 11) is -3.09. The Hall–Kier alpha value is -0.700. The van der Waals surface area contributed by atoms with Crippen LogP contribution in [0.15, 0.2) is 10.2 Å². The number of rotatable bonds is 4. The number of hydrogen-bond donors (Lipinski definition) is 0. The number of thiazole rings is 1. The molecule has 1 aromatic heterocycles. The van der Waals surface area contributed by atoms with E-state index in [1.807, 2.05) is 12.3 Å². The second-order valence-corrected chi connectivity index (χ2v) is 7.95. The fraction of sp³-hybridized carbons (Fsp3) is 0.750. The van der Waals surface area contributed by atoms with Crippen LogP contribution in [0.3, 0.4) is 0 Å². The van der Waals surface area contributed by atoms with Gasteiger partial charge in [0, 0.05) is 43.8 Å². The molecule has 0 spiro atoms. The first kappa shape index (κ1) is 15.7. The van der Waals surface area contributed by atoms with Gasteiger partial charge in [0.25, 0.3) is 0 Å². The SMILES string of the molecule is Cc1csc(=O)n1CCN1CCCN(S(C)(=O)=O)CC1. The molecule has 1 aliphatic heterocycles. The van der Waals surface area contributed by atoms with Crippen molar-refractivity contribution < 1.29 is 8.42 Å². The van der Waals surface area contributed by atoms with Crippen LogP contribution in [0, 0.1) is 6.92 Å². The summed E-state index contributed by atoms with van der Waals surface area (Å²) in [5.41, 5.74) is 0.993. The van der Waals surface area contributed by atoms with Gasteiger partial charge in [-0.15, -0.1) is 0 Å². The topological polar surface area (TPSA) is 62.6 Å². The van der Waals surface area contributed by atoms with Gasteiger partial charge in [-0.05, 0) is 19.9 Å². The number of aryl methyl sites for hydroxylation is 1. The Morgan fingerprint density at radius 1 is 1.20 bits per heavy atom. The first-order valence-corrected chi connectivity index (χ1v) is 9.43. The van der Waals surface area contributed by atoms with Crippen molar-refractivity contribution in [2.45, 2.75) is 19.9 Å². The van der Waals surface area contributed by atoms with Crippen LogP contribution in [0.2, 0.25) is 0 Å². The van der Waals surface area contributed by atoms with Crippen molar-refractivity contribution in [2.24, 2.45) is 0 Å². The summed E-state index contributed by atoms with van der Waals surface area (Å²) in [5, 5.41) is 1.87. The molecule has 0 unspecified atom stereocenters. The molecule has 0 aromatic carbocycles. The normalized spacial score (nSPS) is 19.1. The lowest BCUT2D eigenvalue weighted by atomic mass is 10.4. The Labute approximate surface area is 123 Å². The van der Waals surface area contributed by atoms with Gasteiger partial charge in [-0.3, -0.25) is 4.79 Å². The minimum Gasteiger partial charge on any atom is -0.302 e. The molecule has 114 valence electrons. The zero-order valence-corrected chi connectivity index (χ0v) is 13.5. The third-order valence-corrected chi connectivity index (χ3v) is 5.82. The molecule has 0 amide bonds. The van der Waals surface area contributed by atoms with Gasteiger partial charge in [0.15, 0.2) is 0 Å². The summed E-state index contributed by atoms with van der Waals surface area (Å²) in [5.74, 6) is 0. The van der Waals surface area contributed by atoms with Crippen molar-refractivity contribution in [3.05, 3.63) is 20.7 Å². The maximum Gasteiger partial charge on any atom is 0.307 e. The first-order chi connectivity index (χ1) is 9.38. The molecule has 20 heavy (non-hydrogen) atoms. The van der Waals surface area contributed by atoms with Crippen molar-refractivity contribution in [3.63, 3.8) is 0 Å².